The number of nitrogens with one attached hydrogen (secondary N) is 2. The molecule has 214 valence electrons. The van der Waals surface area contributed by atoms with Gasteiger partial charge in [0, 0.05) is 38.4 Å². The van der Waals surface area contributed by atoms with E-state index in [1.807, 2.05) is 0 Å². The number of nitrogens with zero attached hydrogens (tertiary/aromatic N) is 6. The van der Waals surface area contributed by atoms with Gasteiger partial charge in [-0.25, -0.2) is 9.37 Å². The molecule has 1 aliphatic rings. The summed E-state index contributed by atoms with van der Waals surface area (Å²) in [7, 11) is 0. The quantitative estimate of drug-likeness (QED) is 0.240. The van der Waals surface area contributed by atoms with Crippen molar-refractivity contribution in [2.45, 2.75) is 46.0 Å². The smallest absolute Gasteiger partial charge is 0.370 e. The fourth-order valence-corrected chi connectivity index (χ4v) is 4.62. The summed E-state index contributed by atoms with van der Waals surface area (Å²) >= 11 is 0. The van der Waals surface area contributed by atoms with E-state index in [4.69, 9.17) is 19.8 Å². The van der Waals surface area contributed by atoms with Gasteiger partial charge in [0.15, 0.2) is 5.82 Å². The highest BCUT2D eigenvalue weighted by Gasteiger charge is 2.28. The zero-order chi connectivity index (χ0) is 27.8. The van der Waals surface area contributed by atoms with Gasteiger partial charge < -0.3 is 20.3 Å². The number of halogens is 4. The maximum Gasteiger partial charge on any atom is 0.411 e. The van der Waals surface area contributed by atoms with Crippen molar-refractivity contribution in [3.63, 3.8) is 0 Å². The predicted octanol–water partition coefficient (Wildman–Crippen LogP) is 4.32. The Labute approximate surface area is 225 Å². The fourth-order valence-electron chi connectivity index (χ4n) is 4.62. The van der Waals surface area contributed by atoms with Crippen LogP contribution in [0.3, 0.4) is 0 Å². The van der Waals surface area contributed by atoms with Gasteiger partial charge in [0.2, 0.25) is 5.95 Å². The Bertz CT molecular complexity index is 1190. The van der Waals surface area contributed by atoms with Crippen LogP contribution < -0.4 is 15.5 Å². The maximum atomic E-state index is 13.6. The zero-order valence-corrected chi connectivity index (χ0v) is 22.4. The number of hydrogen-bond donors (Lipinski definition) is 2. The first-order chi connectivity index (χ1) is 18.8. The minimum Gasteiger partial charge on any atom is -0.370 e. The fraction of sp³-hybridized carbons (Fsp3) is 0.577. The number of piperazine rings is 1. The highest BCUT2D eigenvalue weighted by atomic mass is 19.4. The van der Waals surface area contributed by atoms with Crippen molar-refractivity contribution in [1.82, 2.24) is 30.0 Å². The molecule has 0 spiro atoms. The Kier molecular flexibility index (Phi) is 9.92. The third-order valence-electron chi connectivity index (χ3n) is 6.32. The van der Waals surface area contributed by atoms with Crippen LogP contribution in [-0.2, 0) is 17.8 Å². The lowest BCUT2D eigenvalue weighted by atomic mass is 10.2. The summed E-state index contributed by atoms with van der Waals surface area (Å²) in [6.07, 6.45) is -2.46. The third-order valence-corrected chi connectivity index (χ3v) is 6.32. The summed E-state index contributed by atoms with van der Waals surface area (Å²) in [5, 5.41) is 11.4. The molecule has 0 atom stereocenters. The van der Waals surface area contributed by atoms with Gasteiger partial charge in [-0.15, -0.1) is 0 Å². The summed E-state index contributed by atoms with van der Waals surface area (Å²) < 4.78 is 58.1. The van der Waals surface area contributed by atoms with Crippen LogP contribution in [0.2, 0.25) is 0 Å². The first kappa shape index (κ1) is 29.0. The molecule has 4 rings (SSSR count). The van der Waals surface area contributed by atoms with Crippen LogP contribution in [-0.4, -0.2) is 83.3 Å². The van der Waals surface area contributed by atoms with E-state index in [9.17, 15) is 17.6 Å². The van der Waals surface area contributed by atoms with Crippen molar-refractivity contribution < 1.29 is 22.3 Å². The van der Waals surface area contributed by atoms with Crippen LogP contribution in [0.1, 0.15) is 32.4 Å². The van der Waals surface area contributed by atoms with Crippen molar-refractivity contribution in [2.24, 2.45) is 0 Å². The first-order valence-electron chi connectivity index (χ1n) is 13.4. The zero-order valence-electron chi connectivity index (χ0n) is 22.4. The van der Waals surface area contributed by atoms with Gasteiger partial charge >= 0.3 is 6.18 Å². The molecule has 3 heterocycles. The molecule has 0 unspecified atom stereocenters. The van der Waals surface area contributed by atoms with Crippen LogP contribution >= 0.6 is 0 Å². The summed E-state index contributed by atoms with van der Waals surface area (Å²) in [5.41, 5.74) is 2.54. The topological polar surface area (TPSA) is 83.4 Å². The first-order valence-corrected chi connectivity index (χ1v) is 13.4. The van der Waals surface area contributed by atoms with Crippen LogP contribution in [0.15, 0.2) is 24.3 Å². The molecule has 13 heteroatoms. The minimum atomic E-state index is -4.41. The predicted molar refractivity (Wildman–Crippen MR) is 143 cm³/mol. The second kappa shape index (κ2) is 13.4. The number of rotatable bonds is 13. The van der Waals surface area contributed by atoms with Crippen LogP contribution in [0.5, 0.6) is 0 Å². The average Bonchev–Trinajstić information content (AvgIpc) is 3.25. The molecule has 0 amide bonds. The monoisotopic (exact) mass is 552 g/mol. The average molecular weight is 553 g/mol. The Hall–Kier alpha value is -3.03. The molecule has 9 nitrogen and oxygen atoms in total. The molecule has 2 N–H and O–H groups in total. The van der Waals surface area contributed by atoms with E-state index in [1.165, 1.54) is 12.1 Å². The lowest BCUT2D eigenvalue weighted by Crippen LogP contribution is -2.44. The highest BCUT2D eigenvalue weighted by molar-refractivity contribution is 5.90. The van der Waals surface area contributed by atoms with Crippen molar-refractivity contribution in [2.75, 3.05) is 62.7 Å². The molecule has 39 heavy (non-hydrogen) atoms. The van der Waals surface area contributed by atoms with E-state index in [0.717, 1.165) is 57.8 Å². The number of hydrogen-bond acceptors (Lipinski definition) is 8. The number of alkyl halides is 3. The van der Waals surface area contributed by atoms with Crippen LogP contribution in [0.25, 0.3) is 11.0 Å². The Balaban J connectivity index is 1.78. The van der Waals surface area contributed by atoms with Crippen LogP contribution in [0.4, 0.5) is 35.0 Å². The normalized spacial score (nSPS) is 14.5. The van der Waals surface area contributed by atoms with Gasteiger partial charge in [0.25, 0.3) is 0 Å². The number of ether oxygens (including phenoxy) is 1. The van der Waals surface area contributed by atoms with Crippen molar-refractivity contribution >= 4 is 28.5 Å². The molecule has 0 aliphatic carbocycles. The van der Waals surface area contributed by atoms with Crippen molar-refractivity contribution in [1.29, 1.82) is 0 Å². The maximum absolute atomic E-state index is 13.6. The van der Waals surface area contributed by atoms with Gasteiger partial charge in [-0.1, -0.05) is 13.8 Å². The van der Waals surface area contributed by atoms with Crippen LogP contribution in [0, 0.1) is 5.82 Å². The molecule has 0 radical (unpaired) electrons. The Morgan fingerprint density at radius 1 is 1.05 bits per heavy atom. The lowest BCUT2D eigenvalue weighted by Gasteiger charge is -2.28. The van der Waals surface area contributed by atoms with E-state index in [-0.39, 0.29) is 19.0 Å². The number of aromatic nitrogens is 4. The van der Waals surface area contributed by atoms with Gasteiger partial charge in [-0.3, -0.25) is 9.58 Å². The number of fused-ring (bicyclic) bond motifs is 1. The summed E-state index contributed by atoms with van der Waals surface area (Å²) in [4.78, 5) is 14.1. The lowest BCUT2D eigenvalue weighted by molar-refractivity contribution is -0.174. The molecular weight excluding hydrogens is 516 g/mol. The Morgan fingerprint density at radius 3 is 2.38 bits per heavy atom. The molecular formula is C26H36F4N8O. The second-order valence-corrected chi connectivity index (χ2v) is 9.55. The van der Waals surface area contributed by atoms with E-state index in [0.29, 0.717) is 35.0 Å². The molecule has 1 saturated heterocycles. The molecule has 0 bridgehead atoms. The molecule has 0 saturated carbocycles. The molecule has 1 aliphatic heterocycles. The molecule has 3 aromatic rings. The van der Waals surface area contributed by atoms with Crippen molar-refractivity contribution in [3.8, 4) is 0 Å². The van der Waals surface area contributed by atoms with Gasteiger partial charge in [0.05, 0.1) is 13.2 Å². The second-order valence-electron chi connectivity index (χ2n) is 9.55. The summed E-state index contributed by atoms with van der Waals surface area (Å²) in [6, 6.07) is 5.90. The Morgan fingerprint density at radius 2 is 1.74 bits per heavy atom. The third kappa shape index (κ3) is 7.99. The molecule has 2 aromatic heterocycles. The summed E-state index contributed by atoms with van der Waals surface area (Å²) in [6.45, 7) is 8.17. The van der Waals surface area contributed by atoms with E-state index in [2.05, 4.69) is 34.3 Å². The van der Waals surface area contributed by atoms with Gasteiger partial charge in [0.1, 0.15) is 29.2 Å². The largest absolute Gasteiger partial charge is 0.411 e. The molecule has 1 aromatic carbocycles. The SMILES string of the molecule is CCCN(CCC)Cc1nn(CCOCC(F)(F)F)c2c(Nc3ccc(F)cc3)nc(N3CCNCC3)nc12. The van der Waals surface area contributed by atoms with E-state index >= 15 is 0 Å². The van der Waals surface area contributed by atoms with E-state index < -0.39 is 12.8 Å². The highest BCUT2D eigenvalue weighted by Crippen LogP contribution is 2.30. The standard InChI is InChI=1S/C26H36F4N8O/c1-3-11-36(12-4-2)17-21-22-23(38(35-21)15-16-39-18-26(28,29)30)24(32-20-7-5-19(27)6-8-20)34-25(33-22)37-13-9-31-10-14-37/h5-8,31H,3-4,9-18H2,1-2H3,(H,32,33,34). The minimum absolute atomic E-state index is 0.0859. The van der Waals surface area contributed by atoms with Gasteiger partial charge in [-0.2, -0.15) is 23.3 Å². The van der Waals surface area contributed by atoms with E-state index in [1.54, 1.807) is 16.8 Å². The number of benzene rings is 1. The number of anilines is 3. The van der Waals surface area contributed by atoms with Gasteiger partial charge in [-0.05, 0) is 50.2 Å². The van der Waals surface area contributed by atoms with Crippen molar-refractivity contribution in [3.05, 3.63) is 35.8 Å². The summed E-state index contributed by atoms with van der Waals surface area (Å²) in [5.74, 6) is 0.628. The molecule has 1 fully saturated rings.